The predicted octanol–water partition coefficient (Wildman–Crippen LogP) is 4.49. The lowest BCUT2D eigenvalue weighted by Gasteiger charge is -2.16. The average molecular weight is 477 g/mol. The van der Waals surface area contributed by atoms with Gasteiger partial charge in [-0.25, -0.2) is 4.68 Å². The molecule has 1 aromatic heterocycles. The molecule has 2 N–H and O–H groups in total. The van der Waals surface area contributed by atoms with Crippen molar-refractivity contribution < 1.29 is 14.3 Å². The second kappa shape index (κ2) is 11.8. The van der Waals surface area contributed by atoms with Crippen molar-refractivity contribution >= 4 is 11.8 Å². The van der Waals surface area contributed by atoms with Crippen LogP contribution in [0.4, 0.5) is 0 Å². The van der Waals surface area contributed by atoms with E-state index in [4.69, 9.17) is 4.74 Å². The Hall–Kier alpha value is -3.45. The summed E-state index contributed by atoms with van der Waals surface area (Å²) in [6.07, 6.45) is 0.223. The molecule has 0 saturated heterocycles. The summed E-state index contributed by atoms with van der Waals surface area (Å²) >= 11 is 0. The van der Waals surface area contributed by atoms with Crippen LogP contribution in [-0.2, 0) is 16.0 Å². The van der Waals surface area contributed by atoms with Gasteiger partial charge in [0.25, 0.3) is 5.91 Å². The highest BCUT2D eigenvalue weighted by Gasteiger charge is 2.19. The van der Waals surface area contributed by atoms with Gasteiger partial charge in [0.2, 0.25) is 5.91 Å². The van der Waals surface area contributed by atoms with Crippen LogP contribution < -0.4 is 10.6 Å². The number of nitrogens with one attached hydrogen (secondary N) is 2. The van der Waals surface area contributed by atoms with Crippen LogP contribution >= 0.6 is 0 Å². The number of ether oxygens (including phenoxy) is 1. The van der Waals surface area contributed by atoms with Gasteiger partial charge in [-0.2, -0.15) is 5.10 Å². The fourth-order valence-corrected chi connectivity index (χ4v) is 3.96. The lowest BCUT2D eigenvalue weighted by atomic mass is 10.00. The van der Waals surface area contributed by atoms with E-state index in [1.807, 2.05) is 80.1 Å². The lowest BCUT2D eigenvalue weighted by Crippen LogP contribution is -2.36. The molecule has 3 rings (SSSR count). The molecule has 0 aliphatic rings. The molecule has 35 heavy (non-hydrogen) atoms. The van der Waals surface area contributed by atoms with Gasteiger partial charge in [-0.15, -0.1) is 0 Å². The first-order valence-electron chi connectivity index (χ1n) is 12.1. The zero-order chi connectivity index (χ0) is 25.5. The molecule has 7 heteroatoms. The van der Waals surface area contributed by atoms with Crippen LogP contribution in [0, 0.1) is 0 Å². The van der Waals surface area contributed by atoms with Crippen LogP contribution in [0.15, 0.2) is 54.6 Å². The molecule has 0 spiro atoms. The smallest absolute Gasteiger partial charge is 0.272 e. The van der Waals surface area contributed by atoms with Gasteiger partial charge in [0, 0.05) is 24.9 Å². The van der Waals surface area contributed by atoms with Gasteiger partial charge in [0.1, 0.15) is 0 Å². The molecule has 7 nitrogen and oxygen atoms in total. The normalized spacial score (nSPS) is 12.1. The summed E-state index contributed by atoms with van der Waals surface area (Å²) < 4.78 is 6.95. The van der Waals surface area contributed by atoms with Crippen molar-refractivity contribution in [1.29, 1.82) is 0 Å². The van der Waals surface area contributed by atoms with E-state index in [2.05, 4.69) is 29.6 Å². The van der Waals surface area contributed by atoms with Gasteiger partial charge < -0.3 is 15.4 Å². The summed E-state index contributed by atoms with van der Waals surface area (Å²) in [5.41, 5.74) is 5.00. The molecule has 186 valence electrons. The third-order valence-electron chi connectivity index (χ3n) is 5.50. The third-order valence-corrected chi connectivity index (χ3v) is 5.50. The number of carbonyl (C=O) groups is 2. The Labute approximate surface area is 207 Å². The number of nitrogens with zero attached hydrogens (tertiary/aromatic N) is 2. The maximum Gasteiger partial charge on any atom is 0.272 e. The molecular weight excluding hydrogens is 440 g/mol. The first-order valence-corrected chi connectivity index (χ1v) is 12.1. The molecule has 1 unspecified atom stereocenters. The summed E-state index contributed by atoms with van der Waals surface area (Å²) in [5, 5.41) is 10.6. The molecule has 0 aliphatic heterocycles. The average Bonchev–Trinajstić information content (AvgIpc) is 3.25. The molecular formula is C28H36N4O3. The van der Waals surface area contributed by atoms with E-state index in [9.17, 15) is 9.59 Å². The minimum Gasteiger partial charge on any atom is -0.383 e. The Morgan fingerprint density at radius 1 is 0.943 bits per heavy atom. The van der Waals surface area contributed by atoms with Gasteiger partial charge in [-0.05, 0) is 61.6 Å². The van der Waals surface area contributed by atoms with E-state index < -0.39 is 0 Å². The van der Waals surface area contributed by atoms with Gasteiger partial charge >= 0.3 is 0 Å². The van der Waals surface area contributed by atoms with Crippen LogP contribution in [0.25, 0.3) is 16.8 Å². The zero-order valence-electron chi connectivity index (χ0n) is 21.5. The summed E-state index contributed by atoms with van der Waals surface area (Å²) in [7, 11) is 1.62. The maximum absolute atomic E-state index is 12.7. The van der Waals surface area contributed by atoms with Crippen LogP contribution in [0.5, 0.6) is 0 Å². The summed E-state index contributed by atoms with van der Waals surface area (Å²) in [6, 6.07) is 17.9. The molecule has 0 bridgehead atoms. The van der Waals surface area contributed by atoms with Crippen molar-refractivity contribution in [2.45, 2.75) is 59.0 Å². The second-order valence-corrected chi connectivity index (χ2v) is 9.50. The highest BCUT2D eigenvalue weighted by molar-refractivity contribution is 5.92. The molecule has 0 radical (unpaired) electrons. The number of methoxy groups -OCH3 is 1. The number of rotatable bonds is 10. The monoisotopic (exact) mass is 476 g/mol. The SMILES string of the molecule is COCC(C)NC(=O)Cc1cc(-c2ccccc2)cc(-n2nc(C(=O)NC(C)C)cc2C(C)C)c1. The van der Waals surface area contributed by atoms with Crippen molar-refractivity contribution in [3.8, 4) is 16.8 Å². The van der Waals surface area contributed by atoms with Gasteiger partial charge in [0.05, 0.1) is 18.7 Å². The van der Waals surface area contributed by atoms with Crippen molar-refractivity contribution in [2.24, 2.45) is 0 Å². The number of carbonyl (C=O) groups excluding carboxylic acids is 2. The van der Waals surface area contributed by atoms with E-state index in [0.29, 0.717) is 12.3 Å². The van der Waals surface area contributed by atoms with Crippen molar-refractivity contribution in [2.75, 3.05) is 13.7 Å². The Morgan fingerprint density at radius 2 is 1.66 bits per heavy atom. The standard InChI is InChI=1S/C28H36N4O3/c1-18(2)26-16-25(28(34)29-19(3)4)31-32(26)24-13-21(14-27(33)30-20(5)17-35-6)12-23(15-24)22-10-8-7-9-11-22/h7-13,15-16,18-20H,14,17H2,1-6H3,(H,29,34)(H,30,33). The number of aromatic nitrogens is 2. The maximum atomic E-state index is 12.7. The summed E-state index contributed by atoms with van der Waals surface area (Å²) in [5.74, 6) is -0.135. The number of hydrogen-bond donors (Lipinski definition) is 2. The molecule has 1 atom stereocenters. The van der Waals surface area contributed by atoms with Crippen molar-refractivity contribution in [3.63, 3.8) is 0 Å². The quantitative estimate of drug-likeness (QED) is 0.451. The highest BCUT2D eigenvalue weighted by atomic mass is 16.5. The van der Waals surface area contributed by atoms with Gasteiger partial charge in [-0.3, -0.25) is 9.59 Å². The Morgan fingerprint density at radius 3 is 2.29 bits per heavy atom. The van der Waals surface area contributed by atoms with Crippen LogP contribution in [0.1, 0.15) is 62.3 Å². The minimum absolute atomic E-state index is 0.0159. The summed E-state index contributed by atoms with van der Waals surface area (Å²) in [4.78, 5) is 25.4. The van der Waals surface area contributed by atoms with E-state index in [0.717, 1.165) is 28.1 Å². The number of amides is 2. The predicted molar refractivity (Wildman–Crippen MR) is 139 cm³/mol. The molecule has 1 heterocycles. The molecule has 2 amide bonds. The summed E-state index contributed by atoms with van der Waals surface area (Å²) in [6.45, 7) is 10.4. The first kappa shape index (κ1) is 26.2. The van der Waals surface area contributed by atoms with Gasteiger partial charge in [0.15, 0.2) is 5.69 Å². The van der Waals surface area contributed by atoms with Crippen LogP contribution in [-0.4, -0.2) is 47.4 Å². The first-order chi connectivity index (χ1) is 16.7. The van der Waals surface area contributed by atoms with Crippen LogP contribution in [0.2, 0.25) is 0 Å². The van der Waals surface area contributed by atoms with E-state index >= 15 is 0 Å². The molecule has 0 aliphatic carbocycles. The Kier molecular flexibility index (Phi) is 8.82. The Bertz CT molecular complexity index is 1150. The molecule has 0 saturated carbocycles. The highest BCUT2D eigenvalue weighted by Crippen LogP contribution is 2.27. The van der Waals surface area contributed by atoms with Crippen molar-refractivity contribution in [1.82, 2.24) is 20.4 Å². The lowest BCUT2D eigenvalue weighted by molar-refractivity contribution is -0.121. The van der Waals surface area contributed by atoms with E-state index in [1.165, 1.54) is 0 Å². The fraction of sp³-hybridized carbons (Fsp3) is 0.393. The van der Waals surface area contributed by atoms with Crippen molar-refractivity contribution in [3.05, 3.63) is 71.5 Å². The molecule has 0 fully saturated rings. The molecule has 2 aromatic carbocycles. The van der Waals surface area contributed by atoms with E-state index in [1.54, 1.807) is 7.11 Å². The van der Waals surface area contributed by atoms with E-state index in [-0.39, 0.29) is 36.2 Å². The van der Waals surface area contributed by atoms with Gasteiger partial charge in [-0.1, -0.05) is 50.2 Å². The largest absolute Gasteiger partial charge is 0.383 e. The fourth-order valence-electron chi connectivity index (χ4n) is 3.96. The second-order valence-electron chi connectivity index (χ2n) is 9.50. The van der Waals surface area contributed by atoms with Crippen LogP contribution in [0.3, 0.4) is 0 Å². The number of hydrogen-bond acceptors (Lipinski definition) is 4. The minimum atomic E-state index is -0.202. The number of benzene rings is 2. The molecule has 3 aromatic rings. The Balaban J connectivity index is 2.05. The third kappa shape index (κ3) is 7.02. The zero-order valence-corrected chi connectivity index (χ0v) is 21.5. The topological polar surface area (TPSA) is 85.2 Å².